The number of rotatable bonds is 4. The summed E-state index contributed by atoms with van der Waals surface area (Å²) < 4.78 is 7.67. The van der Waals surface area contributed by atoms with E-state index in [2.05, 4.69) is 20.8 Å². The monoisotopic (exact) mass is 397 g/mol. The normalized spacial score (nSPS) is 22.5. The molecule has 0 unspecified atom stereocenters. The van der Waals surface area contributed by atoms with Crippen LogP contribution in [0.5, 0.6) is 0 Å². The predicted molar refractivity (Wildman–Crippen MR) is 95.0 cm³/mol. The number of hydrogen-bond donors (Lipinski definition) is 0. The minimum absolute atomic E-state index is 0.0295. The molecule has 2 aliphatic heterocycles. The number of halogens is 1. The molecule has 0 aliphatic carbocycles. The second-order valence-corrected chi connectivity index (χ2v) is 7.49. The summed E-state index contributed by atoms with van der Waals surface area (Å²) in [6, 6.07) is 3.18. The van der Waals surface area contributed by atoms with Crippen molar-refractivity contribution in [1.82, 2.24) is 14.4 Å². The Kier molecular flexibility index (Phi) is 6.08. The van der Waals surface area contributed by atoms with Gasteiger partial charge in [-0.25, -0.2) is 0 Å². The van der Waals surface area contributed by atoms with Crippen LogP contribution in [0.3, 0.4) is 0 Å². The van der Waals surface area contributed by atoms with E-state index in [0.29, 0.717) is 5.92 Å². The lowest BCUT2D eigenvalue weighted by molar-refractivity contribution is -0.134. The van der Waals surface area contributed by atoms with Gasteiger partial charge in [0.15, 0.2) is 0 Å². The molecule has 3 rings (SSSR count). The lowest BCUT2D eigenvalue weighted by atomic mass is 9.97. The van der Waals surface area contributed by atoms with E-state index in [1.807, 2.05) is 4.90 Å². The van der Waals surface area contributed by atoms with Gasteiger partial charge in [-0.1, -0.05) is 0 Å². The van der Waals surface area contributed by atoms with Gasteiger partial charge in [-0.3, -0.25) is 14.5 Å². The standard InChI is InChI=1S/C17H24BrN3O3/c18-15-3-4-16(22)21(12-15)13-17(23)20-5-1-2-14(11-20)10-19-6-8-24-9-7-19/h3-4,12,14H,1-2,5-11,13H2/t14-/m1/s1. The molecule has 132 valence electrons. The van der Waals surface area contributed by atoms with E-state index >= 15 is 0 Å². The minimum Gasteiger partial charge on any atom is -0.379 e. The molecule has 6 nitrogen and oxygen atoms in total. The van der Waals surface area contributed by atoms with E-state index in [1.165, 1.54) is 10.6 Å². The Morgan fingerprint density at radius 3 is 2.83 bits per heavy atom. The van der Waals surface area contributed by atoms with E-state index in [4.69, 9.17) is 4.74 Å². The fourth-order valence-electron chi connectivity index (χ4n) is 3.46. The first-order valence-electron chi connectivity index (χ1n) is 8.56. The number of carbonyl (C=O) groups is 1. The van der Waals surface area contributed by atoms with E-state index in [1.54, 1.807) is 12.3 Å². The van der Waals surface area contributed by atoms with Crippen LogP contribution in [0.4, 0.5) is 0 Å². The average Bonchev–Trinajstić information content (AvgIpc) is 2.59. The van der Waals surface area contributed by atoms with Crippen molar-refractivity contribution in [2.75, 3.05) is 45.9 Å². The quantitative estimate of drug-likeness (QED) is 0.765. The SMILES string of the molecule is O=C(Cn1cc(Br)ccc1=O)N1CCC[C@H](CN2CCOCC2)C1. The van der Waals surface area contributed by atoms with Crippen LogP contribution in [-0.2, 0) is 16.1 Å². The summed E-state index contributed by atoms with van der Waals surface area (Å²) >= 11 is 3.35. The second-order valence-electron chi connectivity index (χ2n) is 6.57. The van der Waals surface area contributed by atoms with Gasteiger partial charge in [-0.05, 0) is 40.8 Å². The third-order valence-electron chi connectivity index (χ3n) is 4.74. The van der Waals surface area contributed by atoms with Crippen LogP contribution in [-0.4, -0.2) is 66.2 Å². The maximum absolute atomic E-state index is 12.6. The Hall–Kier alpha value is -1.18. The molecule has 24 heavy (non-hydrogen) atoms. The average molecular weight is 398 g/mol. The first kappa shape index (κ1) is 17.6. The summed E-state index contributed by atoms with van der Waals surface area (Å²) in [4.78, 5) is 28.8. The molecule has 1 aromatic rings. The maximum Gasteiger partial charge on any atom is 0.251 e. The molecule has 2 aliphatic rings. The van der Waals surface area contributed by atoms with Crippen LogP contribution in [0.1, 0.15) is 12.8 Å². The Balaban J connectivity index is 1.56. The molecule has 1 atom stereocenters. The molecule has 0 radical (unpaired) electrons. The molecule has 7 heteroatoms. The molecule has 3 heterocycles. The molecule has 1 aromatic heterocycles. The van der Waals surface area contributed by atoms with E-state index in [0.717, 1.165) is 63.3 Å². The molecule has 1 amide bonds. The van der Waals surface area contributed by atoms with Crippen LogP contribution in [0, 0.1) is 5.92 Å². The Labute approximate surface area is 150 Å². The number of ether oxygens (including phenoxy) is 1. The number of aromatic nitrogens is 1. The number of amides is 1. The number of pyridine rings is 1. The van der Waals surface area contributed by atoms with Gasteiger partial charge in [0.1, 0.15) is 6.54 Å². The molecule has 2 saturated heterocycles. The number of morpholine rings is 1. The van der Waals surface area contributed by atoms with Gasteiger partial charge >= 0.3 is 0 Å². The van der Waals surface area contributed by atoms with Gasteiger partial charge in [0, 0.05) is 49.5 Å². The zero-order valence-electron chi connectivity index (χ0n) is 13.8. The van der Waals surface area contributed by atoms with Crippen molar-refractivity contribution in [1.29, 1.82) is 0 Å². The highest BCUT2D eigenvalue weighted by Gasteiger charge is 2.26. The van der Waals surface area contributed by atoms with Crippen LogP contribution in [0.2, 0.25) is 0 Å². The molecular formula is C17H24BrN3O3. The minimum atomic E-state index is -0.145. The summed E-state index contributed by atoms with van der Waals surface area (Å²) in [5.74, 6) is 0.543. The lowest BCUT2D eigenvalue weighted by Crippen LogP contribution is -2.47. The van der Waals surface area contributed by atoms with Gasteiger partial charge in [-0.2, -0.15) is 0 Å². The van der Waals surface area contributed by atoms with Crippen molar-refractivity contribution in [3.63, 3.8) is 0 Å². The largest absolute Gasteiger partial charge is 0.379 e. The molecule has 0 saturated carbocycles. The van der Waals surface area contributed by atoms with Crippen molar-refractivity contribution in [3.8, 4) is 0 Å². The van der Waals surface area contributed by atoms with Crippen LogP contribution in [0.15, 0.2) is 27.6 Å². The van der Waals surface area contributed by atoms with Crippen molar-refractivity contribution in [2.45, 2.75) is 19.4 Å². The number of carbonyl (C=O) groups excluding carboxylic acids is 1. The highest BCUT2D eigenvalue weighted by atomic mass is 79.9. The first-order valence-corrected chi connectivity index (χ1v) is 9.35. The van der Waals surface area contributed by atoms with E-state index < -0.39 is 0 Å². The van der Waals surface area contributed by atoms with E-state index in [9.17, 15) is 9.59 Å². The van der Waals surface area contributed by atoms with Crippen molar-refractivity contribution in [3.05, 3.63) is 33.2 Å². The zero-order chi connectivity index (χ0) is 16.9. The topological polar surface area (TPSA) is 54.8 Å². The molecule has 0 bridgehead atoms. The molecule has 0 spiro atoms. The first-order chi connectivity index (χ1) is 11.6. The predicted octanol–water partition coefficient (Wildman–Crippen LogP) is 1.18. The molecule has 2 fully saturated rings. The van der Waals surface area contributed by atoms with Crippen molar-refractivity contribution in [2.24, 2.45) is 5.92 Å². The third-order valence-corrected chi connectivity index (χ3v) is 5.21. The summed E-state index contributed by atoms with van der Waals surface area (Å²) in [6.45, 7) is 6.31. The third kappa shape index (κ3) is 4.68. The molecule has 0 N–H and O–H groups in total. The zero-order valence-corrected chi connectivity index (χ0v) is 15.4. The van der Waals surface area contributed by atoms with E-state index in [-0.39, 0.29) is 18.0 Å². The van der Waals surface area contributed by atoms with Gasteiger partial charge in [0.2, 0.25) is 5.91 Å². The molecular weight excluding hydrogens is 374 g/mol. The fraction of sp³-hybridized carbons (Fsp3) is 0.647. The molecule has 0 aromatic carbocycles. The summed E-state index contributed by atoms with van der Waals surface area (Å²) in [5, 5.41) is 0. The van der Waals surface area contributed by atoms with Gasteiger partial charge in [-0.15, -0.1) is 0 Å². The number of likely N-dealkylation sites (tertiary alicyclic amines) is 1. The van der Waals surface area contributed by atoms with Gasteiger partial charge in [0.05, 0.1) is 13.2 Å². The van der Waals surface area contributed by atoms with Crippen molar-refractivity contribution < 1.29 is 9.53 Å². The number of nitrogens with zero attached hydrogens (tertiary/aromatic N) is 3. The van der Waals surface area contributed by atoms with Crippen molar-refractivity contribution >= 4 is 21.8 Å². The summed E-state index contributed by atoms with van der Waals surface area (Å²) in [6.07, 6.45) is 3.88. The highest BCUT2D eigenvalue weighted by molar-refractivity contribution is 9.10. The second kappa shape index (κ2) is 8.27. The highest BCUT2D eigenvalue weighted by Crippen LogP contribution is 2.18. The number of hydrogen-bond acceptors (Lipinski definition) is 4. The van der Waals surface area contributed by atoms with Crippen LogP contribution < -0.4 is 5.56 Å². The van der Waals surface area contributed by atoms with Gasteiger partial charge < -0.3 is 14.2 Å². The van der Waals surface area contributed by atoms with Crippen LogP contribution in [0.25, 0.3) is 0 Å². The summed E-state index contributed by atoms with van der Waals surface area (Å²) in [7, 11) is 0. The fourth-order valence-corrected chi connectivity index (χ4v) is 3.84. The lowest BCUT2D eigenvalue weighted by Gasteiger charge is -2.36. The maximum atomic E-state index is 12.6. The Morgan fingerprint density at radius 1 is 1.25 bits per heavy atom. The smallest absolute Gasteiger partial charge is 0.251 e. The Morgan fingerprint density at radius 2 is 2.04 bits per heavy atom. The summed E-state index contributed by atoms with van der Waals surface area (Å²) in [5.41, 5.74) is -0.145. The van der Waals surface area contributed by atoms with Gasteiger partial charge in [0.25, 0.3) is 5.56 Å². The van der Waals surface area contributed by atoms with Crippen LogP contribution >= 0.6 is 15.9 Å². The Bertz CT molecular complexity index is 628. The number of piperidine rings is 1.